The van der Waals surface area contributed by atoms with Gasteiger partial charge in [-0.25, -0.2) is 4.79 Å². The summed E-state index contributed by atoms with van der Waals surface area (Å²) >= 11 is 12.1. The van der Waals surface area contributed by atoms with Gasteiger partial charge in [-0.05, 0) is 54.1 Å². The molecule has 28 heavy (non-hydrogen) atoms. The number of benzene rings is 2. The van der Waals surface area contributed by atoms with Gasteiger partial charge in [-0.1, -0.05) is 35.3 Å². The van der Waals surface area contributed by atoms with Crippen LogP contribution in [0.4, 0.5) is 0 Å². The number of fused-ring (bicyclic) bond motifs is 1. The maximum atomic E-state index is 12.7. The zero-order valence-corrected chi connectivity index (χ0v) is 16.5. The van der Waals surface area contributed by atoms with E-state index in [0.29, 0.717) is 22.2 Å². The van der Waals surface area contributed by atoms with Gasteiger partial charge in [-0.15, -0.1) is 0 Å². The smallest absolute Gasteiger partial charge is 0.338 e. The van der Waals surface area contributed by atoms with Crippen molar-refractivity contribution in [3.05, 3.63) is 69.8 Å². The fourth-order valence-corrected chi connectivity index (χ4v) is 3.91. The van der Waals surface area contributed by atoms with E-state index in [1.807, 2.05) is 18.2 Å². The predicted molar refractivity (Wildman–Crippen MR) is 109 cm³/mol. The molecule has 2 aromatic carbocycles. The van der Waals surface area contributed by atoms with Gasteiger partial charge in [-0.3, -0.25) is 4.79 Å². The fourth-order valence-electron chi connectivity index (χ4n) is 3.60. The topological polar surface area (TPSA) is 62.4 Å². The summed E-state index contributed by atoms with van der Waals surface area (Å²) in [4.78, 5) is 29.8. The van der Waals surface area contributed by atoms with Crippen LogP contribution in [-0.2, 0) is 9.53 Å². The van der Waals surface area contributed by atoms with E-state index in [0.717, 1.165) is 29.3 Å². The van der Waals surface area contributed by atoms with Crippen molar-refractivity contribution in [2.45, 2.75) is 18.9 Å². The Morgan fingerprint density at radius 2 is 1.96 bits per heavy atom. The second-order valence-electron chi connectivity index (χ2n) is 6.77. The number of ether oxygens (including phenoxy) is 1. The Bertz CT molecular complexity index is 1050. The van der Waals surface area contributed by atoms with Crippen LogP contribution in [0, 0.1) is 0 Å². The molecule has 0 radical (unpaired) electrons. The summed E-state index contributed by atoms with van der Waals surface area (Å²) in [5, 5.41) is 1.95. The molecule has 1 atom stereocenters. The van der Waals surface area contributed by atoms with Gasteiger partial charge < -0.3 is 14.6 Å². The predicted octanol–water partition coefficient (Wildman–Crippen LogP) is 5.00. The molecule has 1 fully saturated rings. The molecule has 0 spiro atoms. The minimum Gasteiger partial charge on any atom is -0.452 e. The van der Waals surface area contributed by atoms with Crippen molar-refractivity contribution in [1.82, 2.24) is 9.88 Å². The summed E-state index contributed by atoms with van der Waals surface area (Å²) in [7, 11) is 0. The van der Waals surface area contributed by atoms with Crippen LogP contribution < -0.4 is 0 Å². The lowest BCUT2D eigenvalue weighted by atomic mass is 10.0. The zero-order chi connectivity index (χ0) is 19.7. The van der Waals surface area contributed by atoms with Crippen molar-refractivity contribution < 1.29 is 14.3 Å². The molecule has 1 aromatic heterocycles. The SMILES string of the molecule is O=C(OCC(=O)N1CCCC1c1ccc(Cl)c(Cl)c1)c1ccc2cc[nH]c2c1. The van der Waals surface area contributed by atoms with Crippen molar-refractivity contribution in [1.29, 1.82) is 0 Å². The number of nitrogens with one attached hydrogen (secondary N) is 1. The molecule has 1 unspecified atom stereocenters. The molecule has 2 heterocycles. The lowest BCUT2D eigenvalue weighted by Gasteiger charge is -2.25. The van der Waals surface area contributed by atoms with E-state index in [2.05, 4.69) is 4.98 Å². The summed E-state index contributed by atoms with van der Waals surface area (Å²) in [5.74, 6) is -0.738. The third kappa shape index (κ3) is 3.73. The first-order chi connectivity index (χ1) is 13.5. The van der Waals surface area contributed by atoms with Crippen LogP contribution in [0.15, 0.2) is 48.7 Å². The maximum absolute atomic E-state index is 12.7. The number of esters is 1. The van der Waals surface area contributed by atoms with Crippen molar-refractivity contribution in [2.24, 2.45) is 0 Å². The second kappa shape index (κ2) is 7.86. The van der Waals surface area contributed by atoms with Crippen LogP contribution in [-0.4, -0.2) is 34.9 Å². The first-order valence-electron chi connectivity index (χ1n) is 9.01. The molecular weight excluding hydrogens is 399 g/mol. The molecule has 0 saturated carbocycles. The van der Waals surface area contributed by atoms with Crippen LogP contribution in [0.2, 0.25) is 10.0 Å². The molecule has 144 valence electrons. The van der Waals surface area contributed by atoms with Gasteiger partial charge >= 0.3 is 5.97 Å². The number of hydrogen-bond acceptors (Lipinski definition) is 3. The summed E-state index contributed by atoms with van der Waals surface area (Å²) in [6, 6.07) is 12.5. The van der Waals surface area contributed by atoms with Crippen LogP contribution in [0.3, 0.4) is 0 Å². The van der Waals surface area contributed by atoms with Crippen molar-refractivity contribution >= 4 is 46.0 Å². The number of nitrogens with zero attached hydrogens (tertiary/aromatic N) is 1. The highest BCUT2D eigenvalue weighted by Gasteiger charge is 2.30. The Morgan fingerprint density at radius 3 is 2.79 bits per heavy atom. The lowest BCUT2D eigenvalue weighted by Crippen LogP contribution is -2.34. The van der Waals surface area contributed by atoms with E-state index >= 15 is 0 Å². The van der Waals surface area contributed by atoms with E-state index in [9.17, 15) is 9.59 Å². The van der Waals surface area contributed by atoms with Crippen molar-refractivity contribution in [3.63, 3.8) is 0 Å². The molecule has 1 aliphatic heterocycles. The number of carbonyl (C=O) groups is 2. The molecule has 0 bridgehead atoms. The third-order valence-corrected chi connectivity index (χ3v) is 5.76. The number of rotatable bonds is 4. The Kier molecular flexibility index (Phi) is 5.29. The van der Waals surface area contributed by atoms with Crippen molar-refractivity contribution in [3.8, 4) is 0 Å². The molecule has 0 aliphatic carbocycles. The highest BCUT2D eigenvalue weighted by Crippen LogP contribution is 2.35. The maximum Gasteiger partial charge on any atom is 0.338 e. The molecule has 1 aliphatic rings. The van der Waals surface area contributed by atoms with Gasteiger partial charge in [0.15, 0.2) is 6.61 Å². The Morgan fingerprint density at radius 1 is 1.11 bits per heavy atom. The lowest BCUT2D eigenvalue weighted by molar-refractivity contribution is -0.135. The van der Waals surface area contributed by atoms with E-state index in [-0.39, 0.29) is 18.6 Å². The normalized spacial score (nSPS) is 16.5. The number of aromatic amines is 1. The van der Waals surface area contributed by atoms with E-state index in [1.165, 1.54) is 0 Å². The Balaban J connectivity index is 1.42. The summed E-state index contributed by atoms with van der Waals surface area (Å²) in [6.45, 7) is 0.329. The van der Waals surface area contributed by atoms with Gasteiger partial charge in [0.05, 0.1) is 21.7 Å². The molecule has 7 heteroatoms. The van der Waals surface area contributed by atoms with Gasteiger partial charge in [0, 0.05) is 18.3 Å². The Labute approximate surface area is 172 Å². The van der Waals surface area contributed by atoms with Gasteiger partial charge in [0.1, 0.15) is 0 Å². The first-order valence-corrected chi connectivity index (χ1v) is 9.77. The summed E-state index contributed by atoms with van der Waals surface area (Å²) in [5.41, 5.74) is 2.19. The van der Waals surface area contributed by atoms with Crippen LogP contribution in [0.1, 0.15) is 34.8 Å². The number of likely N-dealkylation sites (tertiary alicyclic amines) is 1. The molecule has 4 rings (SSSR count). The third-order valence-electron chi connectivity index (χ3n) is 5.02. The highest BCUT2D eigenvalue weighted by atomic mass is 35.5. The van der Waals surface area contributed by atoms with Gasteiger partial charge in [0.2, 0.25) is 0 Å². The average Bonchev–Trinajstić information content (AvgIpc) is 3.36. The van der Waals surface area contributed by atoms with Crippen LogP contribution in [0.5, 0.6) is 0 Å². The molecule has 3 aromatic rings. The number of aromatic nitrogens is 1. The quantitative estimate of drug-likeness (QED) is 0.608. The molecule has 5 nitrogen and oxygen atoms in total. The molecule has 1 N–H and O–H groups in total. The monoisotopic (exact) mass is 416 g/mol. The summed E-state index contributed by atoms with van der Waals surface area (Å²) < 4.78 is 5.26. The fraction of sp³-hybridized carbons (Fsp3) is 0.238. The average molecular weight is 417 g/mol. The summed E-state index contributed by atoms with van der Waals surface area (Å²) in [6.07, 6.45) is 3.52. The van der Waals surface area contributed by atoms with Gasteiger partial charge in [0.25, 0.3) is 5.91 Å². The largest absolute Gasteiger partial charge is 0.452 e. The van der Waals surface area contributed by atoms with E-state index in [1.54, 1.807) is 35.4 Å². The number of amides is 1. The number of carbonyl (C=O) groups excluding carboxylic acids is 2. The van der Waals surface area contributed by atoms with E-state index in [4.69, 9.17) is 27.9 Å². The number of halogens is 2. The molecule has 1 saturated heterocycles. The molecule has 1 amide bonds. The number of hydrogen-bond donors (Lipinski definition) is 1. The standard InChI is InChI=1S/C21H18Cl2N2O3/c22-16-6-5-14(10-17(16)23)19-2-1-9-25(19)20(26)12-28-21(27)15-4-3-13-7-8-24-18(13)11-15/h3-8,10-11,19,24H,1-2,9,12H2. The number of H-pyrrole nitrogens is 1. The first kappa shape index (κ1) is 18.8. The minimum absolute atomic E-state index is 0.0868. The van der Waals surface area contributed by atoms with Gasteiger partial charge in [-0.2, -0.15) is 0 Å². The van der Waals surface area contributed by atoms with Crippen LogP contribution in [0.25, 0.3) is 10.9 Å². The van der Waals surface area contributed by atoms with E-state index < -0.39 is 5.97 Å². The minimum atomic E-state index is -0.518. The highest BCUT2D eigenvalue weighted by molar-refractivity contribution is 6.42. The second-order valence-corrected chi connectivity index (χ2v) is 7.59. The Hall–Kier alpha value is -2.50. The molecular formula is C21H18Cl2N2O3. The van der Waals surface area contributed by atoms with Crippen LogP contribution >= 0.6 is 23.2 Å². The van der Waals surface area contributed by atoms with Crippen molar-refractivity contribution in [2.75, 3.05) is 13.2 Å². The zero-order valence-electron chi connectivity index (χ0n) is 15.0.